The Hall–Kier alpha value is -1.77. The number of nitrogens with two attached hydrogens (primary N) is 1. The first-order valence-corrected chi connectivity index (χ1v) is 6.86. The van der Waals surface area contributed by atoms with Gasteiger partial charge >= 0.3 is 0 Å². The smallest absolute Gasteiger partial charge is 0.131 e. The van der Waals surface area contributed by atoms with Gasteiger partial charge in [0.15, 0.2) is 0 Å². The van der Waals surface area contributed by atoms with Crippen LogP contribution in [0.2, 0.25) is 0 Å². The maximum Gasteiger partial charge on any atom is 0.131 e. The van der Waals surface area contributed by atoms with Crippen molar-refractivity contribution in [2.24, 2.45) is 0 Å². The molecule has 0 aliphatic heterocycles. The molecule has 1 heterocycles. The summed E-state index contributed by atoms with van der Waals surface area (Å²) in [5.74, 6) is 2.19. The van der Waals surface area contributed by atoms with Crippen LogP contribution < -0.4 is 5.73 Å². The third-order valence-corrected chi connectivity index (χ3v) is 3.33. The molecule has 0 radical (unpaired) electrons. The van der Waals surface area contributed by atoms with E-state index in [0.29, 0.717) is 12.0 Å². The van der Waals surface area contributed by atoms with Crippen molar-refractivity contribution in [2.75, 3.05) is 5.73 Å². The number of imidazole rings is 1. The van der Waals surface area contributed by atoms with E-state index in [1.807, 2.05) is 0 Å². The zero-order chi connectivity index (χ0) is 14.2. The molecule has 1 aromatic heterocycles. The van der Waals surface area contributed by atoms with Crippen LogP contribution in [-0.2, 0) is 0 Å². The lowest BCUT2D eigenvalue weighted by atomic mass is 10.1. The number of hydrogen-bond donors (Lipinski definition) is 1. The summed E-state index contributed by atoms with van der Waals surface area (Å²) < 4.78 is 2.14. The third kappa shape index (κ3) is 2.50. The van der Waals surface area contributed by atoms with Crippen molar-refractivity contribution in [3.8, 4) is 11.3 Å². The van der Waals surface area contributed by atoms with E-state index >= 15 is 0 Å². The lowest BCUT2D eigenvalue weighted by Gasteiger charge is -2.15. The summed E-state index contributed by atoms with van der Waals surface area (Å²) in [6, 6.07) is 8.69. The largest absolute Gasteiger partial charge is 0.383 e. The fourth-order valence-corrected chi connectivity index (χ4v) is 2.34. The Morgan fingerprint density at radius 1 is 1.05 bits per heavy atom. The summed E-state index contributed by atoms with van der Waals surface area (Å²) in [6.07, 6.45) is 0. The number of nitrogen functional groups attached to an aromatic ring is 1. The van der Waals surface area contributed by atoms with Gasteiger partial charge in [-0.05, 0) is 20.8 Å². The number of benzene rings is 1. The maximum absolute atomic E-state index is 6.31. The van der Waals surface area contributed by atoms with E-state index in [1.54, 1.807) is 0 Å². The molecule has 0 atom stereocenters. The predicted molar refractivity (Wildman–Crippen MR) is 81.3 cm³/mol. The highest BCUT2D eigenvalue weighted by Crippen LogP contribution is 2.31. The van der Waals surface area contributed by atoms with Crippen LogP contribution in [0.1, 0.15) is 51.0 Å². The predicted octanol–water partition coefficient (Wildman–Crippen LogP) is 4.15. The molecule has 0 aliphatic carbocycles. The molecule has 19 heavy (non-hydrogen) atoms. The Labute approximate surface area is 115 Å². The van der Waals surface area contributed by atoms with E-state index in [9.17, 15) is 0 Å². The quantitative estimate of drug-likeness (QED) is 0.897. The monoisotopic (exact) mass is 257 g/mol. The van der Waals surface area contributed by atoms with Crippen molar-refractivity contribution in [1.82, 2.24) is 9.55 Å². The number of rotatable bonds is 3. The van der Waals surface area contributed by atoms with Gasteiger partial charge in [-0.2, -0.15) is 0 Å². The van der Waals surface area contributed by atoms with Gasteiger partial charge in [0, 0.05) is 17.5 Å². The molecule has 2 rings (SSSR count). The molecule has 0 spiro atoms. The average molecular weight is 257 g/mol. The molecule has 102 valence electrons. The Kier molecular flexibility index (Phi) is 3.65. The first-order valence-electron chi connectivity index (χ1n) is 6.86. The summed E-state index contributed by atoms with van der Waals surface area (Å²) in [5.41, 5.74) is 9.55. The first-order chi connectivity index (χ1) is 8.91. The molecule has 0 aliphatic rings. The molecule has 2 aromatic rings. The molecule has 3 nitrogen and oxygen atoms in total. The van der Waals surface area contributed by atoms with Crippen molar-refractivity contribution < 1.29 is 0 Å². The fraction of sp³-hybridized carbons (Fsp3) is 0.438. The van der Waals surface area contributed by atoms with Gasteiger partial charge in [0.2, 0.25) is 0 Å². The Balaban J connectivity index is 2.59. The van der Waals surface area contributed by atoms with E-state index in [4.69, 9.17) is 10.7 Å². The number of hydrogen-bond acceptors (Lipinski definition) is 2. The Bertz CT molecular complexity index is 562. The number of aryl methyl sites for hydroxylation is 1. The second-order valence-electron chi connectivity index (χ2n) is 5.69. The minimum atomic E-state index is 0.323. The first kappa shape index (κ1) is 13.7. The molecule has 0 amide bonds. The van der Waals surface area contributed by atoms with E-state index in [-0.39, 0.29) is 0 Å². The topological polar surface area (TPSA) is 43.8 Å². The van der Waals surface area contributed by atoms with Crippen molar-refractivity contribution >= 4 is 5.82 Å². The highest BCUT2D eigenvalue weighted by Gasteiger charge is 2.19. The summed E-state index contributed by atoms with van der Waals surface area (Å²) in [7, 11) is 0. The van der Waals surface area contributed by atoms with Gasteiger partial charge in [0.25, 0.3) is 0 Å². The molecule has 0 unspecified atom stereocenters. The van der Waals surface area contributed by atoms with Gasteiger partial charge in [-0.1, -0.05) is 43.7 Å². The SMILES string of the molecule is Cc1ccc(-c2nc(C(C)C)n(C(C)C)c2N)cc1. The number of anilines is 1. The number of nitrogens with zero attached hydrogens (tertiary/aromatic N) is 2. The number of aromatic nitrogens is 2. The minimum absolute atomic E-state index is 0.323. The molecule has 0 bridgehead atoms. The summed E-state index contributed by atoms with van der Waals surface area (Å²) >= 11 is 0. The lowest BCUT2D eigenvalue weighted by molar-refractivity contribution is 0.556. The van der Waals surface area contributed by atoms with Crippen LogP contribution in [0.25, 0.3) is 11.3 Å². The maximum atomic E-state index is 6.31. The van der Waals surface area contributed by atoms with Crippen LogP contribution in [0.4, 0.5) is 5.82 Å². The van der Waals surface area contributed by atoms with Gasteiger partial charge in [0.05, 0.1) is 0 Å². The lowest BCUT2D eigenvalue weighted by Crippen LogP contribution is -2.10. The zero-order valence-corrected chi connectivity index (χ0v) is 12.4. The molecule has 0 fully saturated rings. The standard InChI is InChI=1S/C16H23N3/c1-10(2)16-18-14(15(17)19(16)11(3)4)13-8-6-12(5)7-9-13/h6-11H,17H2,1-5H3. The zero-order valence-electron chi connectivity index (χ0n) is 12.4. The summed E-state index contributed by atoms with van der Waals surface area (Å²) in [6.45, 7) is 10.7. The molecular formula is C16H23N3. The molecule has 3 heteroatoms. The van der Waals surface area contributed by atoms with Gasteiger partial charge < -0.3 is 10.3 Å². The van der Waals surface area contributed by atoms with Crippen LogP contribution in [0.15, 0.2) is 24.3 Å². The molecule has 1 aromatic carbocycles. The molecular weight excluding hydrogens is 234 g/mol. The van der Waals surface area contributed by atoms with E-state index in [1.165, 1.54) is 5.56 Å². The van der Waals surface area contributed by atoms with E-state index in [0.717, 1.165) is 22.9 Å². The normalized spacial score (nSPS) is 11.5. The highest BCUT2D eigenvalue weighted by molar-refractivity contribution is 5.71. The molecule has 0 saturated heterocycles. The van der Waals surface area contributed by atoms with Crippen LogP contribution in [-0.4, -0.2) is 9.55 Å². The second-order valence-corrected chi connectivity index (χ2v) is 5.69. The van der Waals surface area contributed by atoms with Crippen LogP contribution >= 0.6 is 0 Å². The Morgan fingerprint density at radius 3 is 2.05 bits per heavy atom. The van der Waals surface area contributed by atoms with Crippen LogP contribution in [0.5, 0.6) is 0 Å². The van der Waals surface area contributed by atoms with Gasteiger partial charge in [-0.15, -0.1) is 0 Å². The fourth-order valence-electron chi connectivity index (χ4n) is 2.34. The molecule has 0 saturated carbocycles. The highest BCUT2D eigenvalue weighted by atomic mass is 15.2. The second kappa shape index (κ2) is 5.08. The van der Waals surface area contributed by atoms with Gasteiger partial charge in [-0.3, -0.25) is 0 Å². The molecule has 2 N–H and O–H groups in total. The van der Waals surface area contributed by atoms with Crippen molar-refractivity contribution in [3.05, 3.63) is 35.7 Å². The van der Waals surface area contributed by atoms with E-state index in [2.05, 4.69) is 63.5 Å². The van der Waals surface area contributed by atoms with Crippen molar-refractivity contribution in [1.29, 1.82) is 0 Å². The third-order valence-electron chi connectivity index (χ3n) is 3.33. The van der Waals surface area contributed by atoms with Crippen LogP contribution in [0.3, 0.4) is 0 Å². The van der Waals surface area contributed by atoms with Gasteiger partial charge in [0.1, 0.15) is 17.3 Å². The summed E-state index contributed by atoms with van der Waals surface area (Å²) in [4.78, 5) is 4.77. The minimum Gasteiger partial charge on any atom is -0.383 e. The van der Waals surface area contributed by atoms with Crippen molar-refractivity contribution in [3.63, 3.8) is 0 Å². The van der Waals surface area contributed by atoms with Gasteiger partial charge in [-0.25, -0.2) is 4.98 Å². The van der Waals surface area contributed by atoms with Crippen LogP contribution in [0, 0.1) is 6.92 Å². The summed E-state index contributed by atoms with van der Waals surface area (Å²) in [5, 5.41) is 0. The van der Waals surface area contributed by atoms with E-state index < -0.39 is 0 Å². The Morgan fingerprint density at radius 2 is 1.63 bits per heavy atom. The van der Waals surface area contributed by atoms with Crippen molar-refractivity contribution in [2.45, 2.75) is 46.6 Å². The average Bonchev–Trinajstić information content (AvgIpc) is 2.68.